The Morgan fingerprint density at radius 2 is 1.97 bits per heavy atom. The van der Waals surface area contributed by atoms with Crippen LogP contribution in [-0.4, -0.2) is 48.8 Å². The van der Waals surface area contributed by atoms with Gasteiger partial charge in [-0.15, -0.1) is 10.2 Å². The van der Waals surface area contributed by atoms with Crippen molar-refractivity contribution in [2.24, 2.45) is 0 Å². The first kappa shape index (κ1) is 22.7. The number of hydrogen-bond donors (Lipinski definition) is 1. The number of nitrogens with two attached hydrogens (primary N) is 1. The lowest BCUT2D eigenvalue weighted by molar-refractivity contribution is 0.0731. The quantitative estimate of drug-likeness (QED) is 0.623. The maximum Gasteiger partial charge on any atom is 0.254 e. The highest BCUT2D eigenvalue weighted by Crippen LogP contribution is 2.30. The van der Waals surface area contributed by atoms with Crippen molar-refractivity contribution < 1.29 is 22.3 Å². The molecule has 10 heteroatoms. The highest BCUT2D eigenvalue weighted by atomic mass is 32.2. The molecule has 0 saturated heterocycles. The van der Waals surface area contributed by atoms with Crippen LogP contribution < -0.4 is 10.5 Å². The number of anilines is 1. The number of aromatic nitrogens is 2. The Hall–Kier alpha value is -3.53. The summed E-state index contributed by atoms with van der Waals surface area (Å²) in [6.07, 6.45) is 1.12. The van der Waals surface area contributed by atoms with Gasteiger partial charge < -0.3 is 15.4 Å². The molecule has 0 bridgehead atoms. The summed E-state index contributed by atoms with van der Waals surface area (Å²) in [5.41, 5.74) is 8.02. The maximum absolute atomic E-state index is 14.9. The molecule has 2 N–H and O–H groups in total. The van der Waals surface area contributed by atoms with Crippen molar-refractivity contribution in [1.29, 1.82) is 0 Å². The molecular formula is C23H23FN4O4S. The van der Waals surface area contributed by atoms with Crippen LogP contribution in [0.1, 0.15) is 28.4 Å². The molecule has 1 aliphatic heterocycles. The zero-order chi connectivity index (χ0) is 23.8. The number of nitrogen functional groups attached to an aromatic ring is 1. The third-order valence-corrected chi connectivity index (χ3v) is 6.61. The maximum atomic E-state index is 14.9. The number of amides is 1. The number of carbonyl (C=O) groups is 1. The summed E-state index contributed by atoms with van der Waals surface area (Å²) in [6, 6.07) is 11.5. The largest absolute Gasteiger partial charge is 0.491 e. The van der Waals surface area contributed by atoms with Gasteiger partial charge in [-0.05, 0) is 48.9 Å². The van der Waals surface area contributed by atoms with Gasteiger partial charge in [0.25, 0.3) is 5.91 Å². The lowest BCUT2D eigenvalue weighted by Crippen LogP contribution is -2.33. The van der Waals surface area contributed by atoms with Gasteiger partial charge in [-0.1, -0.05) is 6.92 Å². The minimum absolute atomic E-state index is 0.0826. The predicted molar refractivity (Wildman–Crippen MR) is 121 cm³/mol. The number of fused-ring (bicyclic) bond motifs is 1. The Balaban J connectivity index is 1.68. The number of nitrogens with zero attached hydrogens (tertiary/aromatic N) is 3. The SMILES string of the molecule is CCc1c(C(=O)N2CCOc3ccc(-c4ccc(N)nn4)cc3C2)ccc(S(C)(=O)=O)c1F. The van der Waals surface area contributed by atoms with Gasteiger partial charge in [-0.3, -0.25) is 4.79 Å². The van der Waals surface area contributed by atoms with E-state index in [0.717, 1.165) is 23.4 Å². The Bertz CT molecular complexity index is 1330. The number of carbonyl (C=O) groups excluding carboxylic acids is 1. The first-order valence-corrected chi connectivity index (χ1v) is 12.2. The summed E-state index contributed by atoms with van der Waals surface area (Å²) in [7, 11) is -3.75. The van der Waals surface area contributed by atoms with Crippen molar-refractivity contribution in [2.45, 2.75) is 24.8 Å². The van der Waals surface area contributed by atoms with E-state index in [1.165, 1.54) is 6.07 Å². The van der Waals surface area contributed by atoms with Gasteiger partial charge in [0.15, 0.2) is 9.84 Å². The van der Waals surface area contributed by atoms with Crippen LogP contribution in [0.3, 0.4) is 0 Å². The molecule has 0 spiro atoms. The van der Waals surface area contributed by atoms with Crippen LogP contribution >= 0.6 is 0 Å². The molecule has 2 aromatic carbocycles. The van der Waals surface area contributed by atoms with Gasteiger partial charge in [0.05, 0.1) is 12.2 Å². The standard InChI is InChI=1S/C23H23FN4O4S/c1-3-16-17(5-8-20(22(16)24)33(2,30)31)23(29)28-10-11-32-19-7-4-14(12-15(19)13-28)18-6-9-21(25)27-26-18/h4-9,12H,3,10-11,13H2,1-2H3,(H2,25,27). The van der Waals surface area contributed by atoms with Crippen molar-refractivity contribution in [1.82, 2.24) is 15.1 Å². The Morgan fingerprint density at radius 1 is 1.18 bits per heavy atom. The summed E-state index contributed by atoms with van der Waals surface area (Å²) < 4.78 is 44.5. The number of sulfone groups is 1. The van der Waals surface area contributed by atoms with E-state index >= 15 is 0 Å². The molecule has 0 atom stereocenters. The van der Waals surface area contributed by atoms with Gasteiger partial charge in [0.1, 0.15) is 28.9 Å². The minimum atomic E-state index is -3.75. The topological polar surface area (TPSA) is 115 Å². The fourth-order valence-electron chi connectivity index (χ4n) is 3.83. The fourth-order valence-corrected chi connectivity index (χ4v) is 4.59. The minimum Gasteiger partial charge on any atom is -0.491 e. The normalized spacial score (nSPS) is 13.7. The van der Waals surface area contributed by atoms with Crippen molar-refractivity contribution in [3.63, 3.8) is 0 Å². The molecule has 172 valence electrons. The van der Waals surface area contributed by atoms with Crippen LogP contribution in [0.2, 0.25) is 0 Å². The lowest BCUT2D eigenvalue weighted by atomic mass is 10.0. The van der Waals surface area contributed by atoms with E-state index in [1.807, 2.05) is 18.2 Å². The molecule has 0 fully saturated rings. The number of ether oxygens (including phenoxy) is 1. The summed E-state index contributed by atoms with van der Waals surface area (Å²) >= 11 is 0. The summed E-state index contributed by atoms with van der Waals surface area (Å²) in [5.74, 6) is -0.303. The molecule has 0 radical (unpaired) electrons. The lowest BCUT2D eigenvalue weighted by Gasteiger charge is -2.22. The monoisotopic (exact) mass is 470 g/mol. The first-order valence-electron chi connectivity index (χ1n) is 10.3. The van der Waals surface area contributed by atoms with E-state index in [2.05, 4.69) is 10.2 Å². The van der Waals surface area contributed by atoms with E-state index < -0.39 is 20.5 Å². The van der Waals surface area contributed by atoms with Crippen molar-refractivity contribution in [3.05, 3.63) is 65.0 Å². The van der Waals surface area contributed by atoms with Gasteiger partial charge in [0.2, 0.25) is 0 Å². The number of rotatable bonds is 4. The Labute approximate surface area is 191 Å². The Morgan fingerprint density at radius 3 is 2.64 bits per heavy atom. The van der Waals surface area contributed by atoms with Crippen LogP contribution in [0, 0.1) is 5.82 Å². The van der Waals surface area contributed by atoms with E-state index in [4.69, 9.17) is 10.5 Å². The average Bonchev–Trinajstić information content (AvgIpc) is 3.00. The zero-order valence-corrected chi connectivity index (χ0v) is 19.0. The van der Waals surface area contributed by atoms with Crippen LogP contribution in [0.15, 0.2) is 47.4 Å². The van der Waals surface area contributed by atoms with Crippen molar-refractivity contribution >= 4 is 21.6 Å². The summed E-state index contributed by atoms with van der Waals surface area (Å²) in [5, 5.41) is 7.97. The molecule has 0 aliphatic carbocycles. The van der Waals surface area contributed by atoms with Crippen LogP contribution in [-0.2, 0) is 22.8 Å². The average molecular weight is 471 g/mol. The third kappa shape index (κ3) is 4.51. The highest BCUT2D eigenvalue weighted by Gasteiger charge is 2.27. The molecule has 3 aromatic rings. The second-order valence-electron chi connectivity index (χ2n) is 7.77. The third-order valence-electron chi connectivity index (χ3n) is 5.50. The fraction of sp³-hybridized carbons (Fsp3) is 0.261. The zero-order valence-electron chi connectivity index (χ0n) is 18.2. The molecule has 0 unspecified atom stereocenters. The Kier molecular flexibility index (Phi) is 6.03. The molecular weight excluding hydrogens is 447 g/mol. The van der Waals surface area contributed by atoms with E-state index in [-0.39, 0.29) is 36.6 Å². The van der Waals surface area contributed by atoms with Crippen LogP contribution in [0.5, 0.6) is 5.75 Å². The van der Waals surface area contributed by atoms with Gasteiger partial charge in [-0.25, -0.2) is 12.8 Å². The second kappa shape index (κ2) is 8.78. The molecule has 1 amide bonds. The first-order chi connectivity index (χ1) is 15.7. The van der Waals surface area contributed by atoms with Gasteiger partial charge >= 0.3 is 0 Å². The molecule has 4 rings (SSSR count). The van der Waals surface area contributed by atoms with Crippen LogP contribution in [0.25, 0.3) is 11.3 Å². The smallest absolute Gasteiger partial charge is 0.254 e. The number of hydrogen-bond acceptors (Lipinski definition) is 7. The second-order valence-corrected chi connectivity index (χ2v) is 9.75. The van der Waals surface area contributed by atoms with Crippen molar-refractivity contribution in [2.75, 3.05) is 25.1 Å². The molecule has 1 aromatic heterocycles. The number of benzene rings is 2. The van der Waals surface area contributed by atoms with Crippen LogP contribution in [0.4, 0.5) is 10.2 Å². The molecule has 2 heterocycles. The van der Waals surface area contributed by atoms with E-state index in [0.29, 0.717) is 23.8 Å². The number of halogens is 1. The molecule has 0 saturated carbocycles. The molecule has 1 aliphatic rings. The van der Waals surface area contributed by atoms with Crippen molar-refractivity contribution in [3.8, 4) is 17.0 Å². The summed E-state index contributed by atoms with van der Waals surface area (Å²) in [4.78, 5) is 14.5. The van der Waals surface area contributed by atoms with Gasteiger partial charge in [0, 0.05) is 35.1 Å². The predicted octanol–water partition coefficient (Wildman–Crippen LogP) is 2.87. The highest BCUT2D eigenvalue weighted by molar-refractivity contribution is 7.90. The van der Waals surface area contributed by atoms with E-state index in [1.54, 1.807) is 24.0 Å². The molecule has 33 heavy (non-hydrogen) atoms. The summed E-state index contributed by atoms with van der Waals surface area (Å²) in [6.45, 7) is 2.49. The molecule has 8 nitrogen and oxygen atoms in total. The van der Waals surface area contributed by atoms with E-state index in [9.17, 15) is 17.6 Å². The van der Waals surface area contributed by atoms with Gasteiger partial charge in [-0.2, -0.15) is 0 Å².